The van der Waals surface area contributed by atoms with Crippen LogP contribution in [-0.2, 0) is 4.79 Å². The molecule has 0 aliphatic carbocycles. The lowest BCUT2D eigenvalue weighted by atomic mass is 10.2. The molecule has 0 fully saturated rings. The third-order valence-corrected chi connectivity index (χ3v) is 3.21. The number of thioether (sulfide) groups is 1. The molecule has 0 heterocycles. The lowest BCUT2D eigenvalue weighted by Gasteiger charge is -2.12. The van der Waals surface area contributed by atoms with Crippen molar-refractivity contribution in [3.63, 3.8) is 0 Å². The monoisotopic (exact) mass is 314 g/mol. The van der Waals surface area contributed by atoms with Crippen molar-refractivity contribution in [1.29, 1.82) is 5.26 Å². The number of benzene rings is 1. The Morgan fingerprint density at radius 2 is 2.00 bits per heavy atom. The molecule has 1 amide bonds. The molecular formula is C14H13F3N2OS. The Labute approximate surface area is 125 Å². The lowest BCUT2D eigenvalue weighted by molar-refractivity contribution is -0.124. The Morgan fingerprint density at radius 3 is 2.52 bits per heavy atom. The Kier molecular flexibility index (Phi) is 6.31. The quantitative estimate of drug-likeness (QED) is 0.615. The van der Waals surface area contributed by atoms with E-state index in [1.165, 1.54) is 41.3 Å². The van der Waals surface area contributed by atoms with Crippen LogP contribution < -0.4 is 0 Å². The molecule has 0 aliphatic rings. The van der Waals surface area contributed by atoms with Crippen molar-refractivity contribution < 1.29 is 18.0 Å². The molecule has 1 rings (SSSR count). The van der Waals surface area contributed by atoms with Crippen LogP contribution in [0.2, 0.25) is 0 Å². The third kappa shape index (κ3) is 6.86. The Bertz CT molecular complexity index is 547. The van der Waals surface area contributed by atoms with E-state index >= 15 is 0 Å². The topological polar surface area (TPSA) is 44.1 Å². The molecule has 21 heavy (non-hydrogen) atoms. The molecule has 0 spiro atoms. The van der Waals surface area contributed by atoms with Gasteiger partial charge in [-0.15, -0.1) is 0 Å². The van der Waals surface area contributed by atoms with Gasteiger partial charge in [0.25, 0.3) is 0 Å². The van der Waals surface area contributed by atoms with Crippen molar-refractivity contribution in [2.45, 2.75) is 16.8 Å². The van der Waals surface area contributed by atoms with Gasteiger partial charge in [-0.1, -0.05) is 12.1 Å². The highest BCUT2D eigenvalue weighted by Gasteiger charge is 2.28. The van der Waals surface area contributed by atoms with E-state index in [0.717, 1.165) is 0 Å². The first-order valence-electron chi connectivity index (χ1n) is 5.98. The molecule has 0 aromatic heterocycles. The summed E-state index contributed by atoms with van der Waals surface area (Å²) < 4.78 is 36.5. The normalized spacial score (nSPS) is 11.4. The van der Waals surface area contributed by atoms with Crippen LogP contribution in [0.4, 0.5) is 13.2 Å². The molecule has 0 unspecified atom stereocenters. The van der Waals surface area contributed by atoms with Gasteiger partial charge in [0, 0.05) is 24.6 Å². The number of carbonyl (C=O) groups is 1. The second-order valence-corrected chi connectivity index (χ2v) is 5.26. The molecule has 0 saturated heterocycles. The lowest BCUT2D eigenvalue weighted by Crippen LogP contribution is -2.25. The van der Waals surface area contributed by atoms with Gasteiger partial charge in [-0.2, -0.15) is 18.4 Å². The predicted octanol–water partition coefficient (Wildman–Crippen LogP) is 3.68. The highest BCUT2D eigenvalue weighted by molar-refractivity contribution is 8.00. The van der Waals surface area contributed by atoms with E-state index in [1.54, 1.807) is 7.05 Å². The molecule has 3 nitrogen and oxygen atoms in total. The summed E-state index contributed by atoms with van der Waals surface area (Å²) in [6.07, 6.45) is 3.09. The Hall–Kier alpha value is -1.94. The molecule has 0 bridgehead atoms. The van der Waals surface area contributed by atoms with E-state index in [2.05, 4.69) is 0 Å². The minimum Gasteiger partial charge on any atom is -0.341 e. The van der Waals surface area contributed by atoms with Gasteiger partial charge < -0.3 is 4.90 Å². The van der Waals surface area contributed by atoms with Crippen molar-refractivity contribution in [3.8, 4) is 6.07 Å². The zero-order valence-electron chi connectivity index (χ0n) is 11.2. The summed E-state index contributed by atoms with van der Waals surface area (Å²) in [7, 11) is 1.58. The maximum Gasteiger partial charge on any atom is 0.446 e. The molecule has 0 saturated carbocycles. The number of nitrogens with zero attached hydrogens (tertiary/aromatic N) is 2. The van der Waals surface area contributed by atoms with E-state index in [4.69, 9.17) is 5.26 Å². The fourth-order valence-corrected chi connectivity index (χ4v) is 1.94. The summed E-state index contributed by atoms with van der Waals surface area (Å²) >= 11 is -0.182. The highest BCUT2D eigenvalue weighted by atomic mass is 32.2. The number of rotatable bonds is 5. The summed E-state index contributed by atoms with van der Waals surface area (Å²) in [5, 5.41) is 8.42. The van der Waals surface area contributed by atoms with Gasteiger partial charge in [0.1, 0.15) is 0 Å². The Balaban J connectivity index is 2.61. The molecule has 0 radical (unpaired) electrons. The van der Waals surface area contributed by atoms with Crippen LogP contribution in [0.15, 0.2) is 35.2 Å². The number of amides is 1. The molecule has 112 valence electrons. The van der Waals surface area contributed by atoms with Crippen LogP contribution in [0.3, 0.4) is 0 Å². The SMILES string of the molecule is CN(CCC#N)C(=O)/C=C/c1ccc(SC(F)(F)F)cc1. The van der Waals surface area contributed by atoms with Crippen molar-refractivity contribution in [1.82, 2.24) is 4.90 Å². The van der Waals surface area contributed by atoms with Crippen molar-refractivity contribution in [2.75, 3.05) is 13.6 Å². The first-order valence-corrected chi connectivity index (χ1v) is 6.79. The molecule has 0 aliphatic heterocycles. The van der Waals surface area contributed by atoms with Crippen LogP contribution in [0.25, 0.3) is 6.08 Å². The van der Waals surface area contributed by atoms with Gasteiger partial charge in [-0.05, 0) is 35.5 Å². The predicted molar refractivity (Wildman–Crippen MR) is 75.3 cm³/mol. The van der Waals surface area contributed by atoms with Gasteiger partial charge in [0.2, 0.25) is 5.91 Å². The number of nitriles is 1. The highest BCUT2D eigenvalue weighted by Crippen LogP contribution is 2.36. The fourth-order valence-electron chi connectivity index (χ4n) is 1.40. The Morgan fingerprint density at radius 1 is 1.38 bits per heavy atom. The van der Waals surface area contributed by atoms with Crippen LogP contribution >= 0.6 is 11.8 Å². The van der Waals surface area contributed by atoms with E-state index in [0.29, 0.717) is 12.1 Å². The van der Waals surface area contributed by atoms with Gasteiger partial charge in [0.05, 0.1) is 12.5 Å². The standard InChI is InChI=1S/C14H13F3N2OS/c1-19(10-2-9-18)13(20)8-5-11-3-6-12(7-4-11)21-14(15,16)17/h3-8H,2,10H2,1H3/b8-5+. The third-order valence-electron chi connectivity index (χ3n) is 2.47. The minimum absolute atomic E-state index is 0.0946. The maximum absolute atomic E-state index is 12.2. The molecule has 1 aromatic carbocycles. The number of alkyl halides is 3. The minimum atomic E-state index is -4.31. The van der Waals surface area contributed by atoms with Crippen LogP contribution in [0.1, 0.15) is 12.0 Å². The van der Waals surface area contributed by atoms with E-state index in [-0.39, 0.29) is 29.0 Å². The smallest absolute Gasteiger partial charge is 0.341 e. The molecule has 0 N–H and O–H groups in total. The first-order chi connectivity index (χ1) is 9.81. The van der Waals surface area contributed by atoms with Crippen molar-refractivity contribution in [3.05, 3.63) is 35.9 Å². The second kappa shape index (κ2) is 7.74. The number of likely N-dealkylation sites (N-methyl/N-ethyl adjacent to an activating group) is 1. The van der Waals surface area contributed by atoms with Crippen molar-refractivity contribution >= 4 is 23.7 Å². The van der Waals surface area contributed by atoms with E-state index in [1.807, 2.05) is 6.07 Å². The van der Waals surface area contributed by atoms with Crippen LogP contribution in [-0.4, -0.2) is 29.9 Å². The molecule has 7 heteroatoms. The molecular weight excluding hydrogens is 301 g/mol. The summed E-state index contributed by atoms with van der Waals surface area (Å²) in [5.41, 5.74) is -3.68. The zero-order chi connectivity index (χ0) is 15.9. The average molecular weight is 314 g/mol. The maximum atomic E-state index is 12.2. The van der Waals surface area contributed by atoms with Gasteiger partial charge >= 0.3 is 5.51 Å². The number of halogens is 3. The number of hydrogen-bond donors (Lipinski definition) is 0. The van der Waals surface area contributed by atoms with Crippen LogP contribution in [0, 0.1) is 11.3 Å². The fraction of sp³-hybridized carbons (Fsp3) is 0.286. The molecule has 0 atom stereocenters. The summed E-state index contributed by atoms with van der Waals surface area (Å²) in [4.78, 5) is 13.1. The number of carbonyl (C=O) groups excluding carboxylic acids is 1. The van der Waals surface area contributed by atoms with Crippen LogP contribution in [0.5, 0.6) is 0 Å². The zero-order valence-corrected chi connectivity index (χ0v) is 12.0. The van der Waals surface area contributed by atoms with Gasteiger partial charge in [-0.3, -0.25) is 4.79 Å². The first kappa shape index (κ1) is 17.1. The van der Waals surface area contributed by atoms with Crippen molar-refractivity contribution in [2.24, 2.45) is 0 Å². The summed E-state index contributed by atoms with van der Waals surface area (Å²) in [5.74, 6) is -0.265. The number of hydrogen-bond acceptors (Lipinski definition) is 3. The summed E-state index contributed by atoms with van der Waals surface area (Å²) in [6, 6.07) is 7.65. The second-order valence-electron chi connectivity index (χ2n) is 4.12. The van der Waals surface area contributed by atoms with E-state index in [9.17, 15) is 18.0 Å². The molecule has 1 aromatic rings. The largest absolute Gasteiger partial charge is 0.446 e. The average Bonchev–Trinajstić information content (AvgIpc) is 2.42. The van der Waals surface area contributed by atoms with E-state index < -0.39 is 5.51 Å². The summed E-state index contributed by atoms with van der Waals surface area (Å²) in [6.45, 7) is 0.334. The van der Waals surface area contributed by atoms with Gasteiger partial charge in [0.15, 0.2) is 0 Å². The van der Waals surface area contributed by atoms with Gasteiger partial charge in [-0.25, -0.2) is 0 Å².